The fourth-order valence-corrected chi connectivity index (χ4v) is 2.78. The van der Waals surface area contributed by atoms with Gasteiger partial charge in [0.15, 0.2) is 0 Å². The van der Waals surface area contributed by atoms with Gasteiger partial charge in [-0.15, -0.1) is 0 Å². The molecule has 0 saturated carbocycles. The van der Waals surface area contributed by atoms with Gasteiger partial charge < -0.3 is 15.2 Å². The smallest absolute Gasteiger partial charge is 0.224 e. The number of aromatic nitrogens is 2. The zero-order valence-corrected chi connectivity index (χ0v) is 11.6. The summed E-state index contributed by atoms with van der Waals surface area (Å²) in [5.41, 5.74) is 8.38. The minimum Gasteiger partial charge on any atom is -0.399 e. The van der Waals surface area contributed by atoms with E-state index in [0.29, 0.717) is 18.7 Å². The zero-order valence-electron chi connectivity index (χ0n) is 11.6. The number of benzene rings is 1. The van der Waals surface area contributed by atoms with Gasteiger partial charge >= 0.3 is 0 Å². The number of piperidine rings is 1. The van der Waals surface area contributed by atoms with E-state index in [9.17, 15) is 4.79 Å². The van der Waals surface area contributed by atoms with Crippen LogP contribution in [0.1, 0.15) is 25.7 Å². The quantitative estimate of drug-likeness (QED) is 0.869. The van der Waals surface area contributed by atoms with Crippen LogP contribution < -0.4 is 5.73 Å². The Bertz CT molecular complexity index is 613. The molecule has 0 unspecified atom stereocenters. The zero-order chi connectivity index (χ0) is 13.9. The number of aryl methyl sites for hydroxylation is 1. The van der Waals surface area contributed by atoms with Crippen molar-refractivity contribution in [3.63, 3.8) is 0 Å². The third-order valence-corrected chi connectivity index (χ3v) is 3.92. The summed E-state index contributed by atoms with van der Waals surface area (Å²) < 4.78 is 2.02. The summed E-state index contributed by atoms with van der Waals surface area (Å²) in [5, 5.41) is 0. The van der Waals surface area contributed by atoms with Crippen molar-refractivity contribution in [2.24, 2.45) is 0 Å². The van der Waals surface area contributed by atoms with Gasteiger partial charge in [-0.25, -0.2) is 4.98 Å². The number of imidazole rings is 1. The Labute approximate surface area is 118 Å². The first kappa shape index (κ1) is 13.0. The lowest BCUT2D eigenvalue weighted by atomic mass is 10.1. The molecule has 0 bridgehead atoms. The molecule has 0 atom stereocenters. The number of fused-ring (bicyclic) bond motifs is 1. The molecule has 1 aliphatic heterocycles. The van der Waals surface area contributed by atoms with Gasteiger partial charge in [-0.3, -0.25) is 4.79 Å². The highest BCUT2D eigenvalue weighted by Crippen LogP contribution is 2.17. The lowest BCUT2D eigenvalue weighted by molar-refractivity contribution is -0.132. The van der Waals surface area contributed by atoms with Crippen LogP contribution in [0.2, 0.25) is 0 Å². The molecule has 1 fully saturated rings. The lowest BCUT2D eigenvalue weighted by Gasteiger charge is -2.26. The van der Waals surface area contributed by atoms with Crippen LogP contribution in [0.15, 0.2) is 24.5 Å². The average Bonchev–Trinajstić information content (AvgIpc) is 2.88. The maximum absolute atomic E-state index is 12.2. The van der Waals surface area contributed by atoms with Crippen molar-refractivity contribution in [3.05, 3.63) is 24.5 Å². The second-order valence-corrected chi connectivity index (χ2v) is 5.38. The van der Waals surface area contributed by atoms with Crippen molar-refractivity contribution in [1.29, 1.82) is 0 Å². The predicted molar refractivity (Wildman–Crippen MR) is 79.2 cm³/mol. The topological polar surface area (TPSA) is 64.1 Å². The highest BCUT2D eigenvalue weighted by Gasteiger charge is 2.16. The summed E-state index contributed by atoms with van der Waals surface area (Å²) in [6.45, 7) is 2.51. The van der Waals surface area contributed by atoms with Crippen LogP contribution in [0.25, 0.3) is 11.0 Å². The molecule has 0 radical (unpaired) electrons. The SMILES string of the molecule is Nc1ccc2c(c1)ncn2CCC(=O)N1CCCCC1. The minimum atomic E-state index is 0.252. The number of nitrogens with zero attached hydrogens (tertiary/aromatic N) is 3. The fourth-order valence-electron chi connectivity index (χ4n) is 2.78. The number of likely N-dealkylation sites (tertiary alicyclic amines) is 1. The summed E-state index contributed by atoms with van der Waals surface area (Å²) in [6.07, 6.45) is 5.85. The largest absolute Gasteiger partial charge is 0.399 e. The van der Waals surface area contributed by atoms with Gasteiger partial charge in [0.1, 0.15) is 0 Å². The third-order valence-electron chi connectivity index (χ3n) is 3.92. The summed E-state index contributed by atoms with van der Waals surface area (Å²) in [7, 11) is 0. The monoisotopic (exact) mass is 272 g/mol. The molecule has 106 valence electrons. The molecule has 5 heteroatoms. The van der Waals surface area contributed by atoms with Crippen LogP contribution in [0, 0.1) is 0 Å². The van der Waals surface area contributed by atoms with E-state index in [1.165, 1.54) is 6.42 Å². The Morgan fingerprint density at radius 2 is 2.05 bits per heavy atom. The first-order chi connectivity index (χ1) is 9.74. The number of nitrogens with two attached hydrogens (primary N) is 1. The van der Waals surface area contributed by atoms with Crippen LogP contribution >= 0.6 is 0 Å². The molecule has 2 N–H and O–H groups in total. The maximum atomic E-state index is 12.2. The Hall–Kier alpha value is -2.04. The van der Waals surface area contributed by atoms with Crippen LogP contribution in [-0.2, 0) is 11.3 Å². The van der Waals surface area contributed by atoms with E-state index < -0.39 is 0 Å². The molecule has 1 aliphatic rings. The van der Waals surface area contributed by atoms with E-state index >= 15 is 0 Å². The van der Waals surface area contributed by atoms with E-state index in [4.69, 9.17) is 5.73 Å². The number of amides is 1. The van der Waals surface area contributed by atoms with Crippen molar-refractivity contribution < 1.29 is 4.79 Å². The van der Waals surface area contributed by atoms with Crippen molar-refractivity contribution in [2.45, 2.75) is 32.2 Å². The molecule has 0 spiro atoms. The Morgan fingerprint density at radius 3 is 2.85 bits per heavy atom. The molecule has 1 aromatic carbocycles. The molecule has 20 heavy (non-hydrogen) atoms. The van der Waals surface area contributed by atoms with Crippen molar-refractivity contribution in [2.75, 3.05) is 18.8 Å². The van der Waals surface area contributed by atoms with E-state index in [2.05, 4.69) is 4.98 Å². The average molecular weight is 272 g/mol. The molecule has 1 amide bonds. The van der Waals surface area contributed by atoms with Crippen molar-refractivity contribution >= 4 is 22.6 Å². The van der Waals surface area contributed by atoms with Crippen molar-refractivity contribution in [1.82, 2.24) is 14.5 Å². The molecule has 3 rings (SSSR count). The normalized spacial score (nSPS) is 15.7. The Balaban J connectivity index is 1.66. The lowest BCUT2D eigenvalue weighted by Crippen LogP contribution is -2.35. The summed E-state index contributed by atoms with van der Waals surface area (Å²) >= 11 is 0. The third kappa shape index (κ3) is 2.61. The second kappa shape index (κ2) is 5.53. The van der Waals surface area contributed by atoms with E-state index in [0.717, 1.165) is 37.0 Å². The first-order valence-corrected chi connectivity index (χ1v) is 7.22. The first-order valence-electron chi connectivity index (χ1n) is 7.22. The standard InChI is InChI=1S/C15H20N4O/c16-12-4-5-14-13(10-12)17-11-19(14)9-6-15(20)18-7-2-1-3-8-18/h4-5,10-11H,1-3,6-9,16H2. The Morgan fingerprint density at radius 1 is 1.25 bits per heavy atom. The molecule has 1 saturated heterocycles. The van der Waals surface area contributed by atoms with Crippen LogP contribution in [0.5, 0.6) is 0 Å². The highest BCUT2D eigenvalue weighted by atomic mass is 16.2. The van der Waals surface area contributed by atoms with Gasteiger partial charge in [0.25, 0.3) is 0 Å². The number of carbonyl (C=O) groups is 1. The maximum Gasteiger partial charge on any atom is 0.224 e. The summed E-state index contributed by atoms with van der Waals surface area (Å²) in [4.78, 5) is 18.5. The molecule has 2 aromatic rings. The summed E-state index contributed by atoms with van der Waals surface area (Å²) in [6, 6.07) is 5.69. The van der Waals surface area contributed by atoms with E-state index in [1.54, 1.807) is 6.33 Å². The summed E-state index contributed by atoms with van der Waals surface area (Å²) in [5.74, 6) is 0.252. The fraction of sp³-hybridized carbons (Fsp3) is 0.467. The predicted octanol–water partition coefficient (Wildman–Crippen LogP) is 2.02. The number of carbonyl (C=O) groups excluding carboxylic acids is 1. The van der Waals surface area contributed by atoms with Crippen LogP contribution in [0.4, 0.5) is 5.69 Å². The number of rotatable bonds is 3. The van der Waals surface area contributed by atoms with E-state index in [1.807, 2.05) is 27.7 Å². The number of nitrogen functional groups attached to an aromatic ring is 1. The van der Waals surface area contributed by atoms with Gasteiger partial charge in [-0.2, -0.15) is 0 Å². The van der Waals surface area contributed by atoms with Crippen LogP contribution in [0.3, 0.4) is 0 Å². The van der Waals surface area contributed by atoms with Crippen LogP contribution in [-0.4, -0.2) is 33.4 Å². The van der Waals surface area contributed by atoms with Gasteiger partial charge in [0.05, 0.1) is 17.4 Å². The number of hydrogen-bond donors (Lipinski definition) is 1. The second-order valence-electron chi connectivity index (χ2n) is 5.38. The highest BCUT2D eigenvalue weighted by molar-refractivity contribution is 5.79. The Kier molecular flexibility index (Phi) is 3.58. The van der Waals surface area contributed by atoms with Gasteiger partial charge in [0, 0.05) is 31.7 Å². The molecule has 2 heterocycles. The molecule has 1 aromatic heterocycles. The van der Waals surface area contributed by atoms with Crippen molar-refractivity contribution in [3.8, 4) is 0 Å². The van der Waals surface area contributed by atoms with Gasteiger partial charge in [-0.05, 0) is 37.5 Å². The minimum absolute atomic E-state index is 0.252. The van der Waals surface area contributed by atoms with E-state index in [-0.39, 0.29) is 5.91 Å². The molecule has 0 aliphatic carbocycles. The van der Waals surface area contributed by atoms with Gasteiger partial charge in [-0.1, -0.05) is 0 Å². The molecular formula is C15H20N4O. The number of hydrogen-bond acceptors (Lipinski definition) is 3. The molecule has 5 nitrogen and oxygen atoms in total. The number of anilines is 1. The molecular weight excluding hydrogens is 252 g/mol. The van der Waals surface area contributed by atoms with Gasteiger partial charge in [0.2, 0.25) is 5.91 Å².